The molecule has 0 N–H and O–H groups in total. The van der Waals surface area contributed by atoms with Crippen molar-refractivity contribution in [3.8, 4) is 0 Å². The molecule has 0 bridgehead atoms. The third-order valence-corrected chi connectivity index (χ3v) is 15.6. The molecule has 1 unspecified atom stereocenters. The molecule has 0 aliphatic carbocycles. The third-order valence-electron chi connectivity index (χ3n) is 13.7. The fourth-order valence-electron chi connectivity index (χ4n) is 10.5. The summed E-state index contributed by atoms with van der Waals surface area (Å²) in [5, 5.41) is 0. The Labute approximate surface area is 460 Å². The van der Waals surface area contributed by atoms with Gasteiger partial charge in [-0.2, -0.15) is 0 Å². The predicted molar refractivity (Wildman–Crippen MR) is 344 cm³/mol. The van der Waals surface area contributed by atoms with Crippen LogP contribution < -0.4 is 4.31 Å². The molecule has 71 heavy (non-hydrogen) atoms. The van der Waals surface area contributed by atoms with Gasteiger partial charge in [-0.1, -0.05) is 29.8 Å². The largest absolute Gasteiger partial charge is 0.264 e. The predicted octanol–water partition coefficient (Wildman–Crippen LogP) is -9.68. The van der Waals surface area contributed by atoms with Gasteiger partial charge in [-0.15, -0.1) is 0 Å². The Kier molecular flexibility index (Phi) is 26.6. The summed E-state index contributed by atoms with van der Waals surface area (Å²) in [6.07, 6.45) is -20.0. The highest BCUT2D eigenvalue weighted by Crippen LogP contribution is 2.38. The van der Waals surface area contributed by atoms with Crippen LogP contribution in [0.2, 0.25) is 0 Å². The van der Waals surface area contributed by atoms with Crippen molar-refractivity contribution in [2.45, 2.75) is 43.5 Å². The zero-order valence-corrected chi connectivity index (χ0v) is 40.9. The van der Waals surface area contributed by atoms with E-state index in [0.29, 0.717) is 30.5 Å². The van der Waals surface area contributed by atoms with E-state index in [2.05, 4.69) is 0 Å². The molecular formula is C24H22B40F3NO2S. The average Bonchev–Trinajstić information content (AvgIpc) is 3.23. The summed E-state index contributed by atoms with van der Waals surface area (Å²) in [4.78, 5) is 0.119. The third kappa shape index (κ3) is 16.9. The Hall–Kier alpha value is -0.203. The lowest BCUT2D eigenvalue weighted by Gasteiger charge is -2.54. The van der Waals surface area contributed by atoms with Crippen molar-refractivity contribution in [2.75, 3.05) is 4.31 Å². The lowest BCUT2D eigenvalue weighted by atomic mass is 8.27. The van der Waals surface area contributed by atoms with E-state index in [1.807, 2.05) is 6.92 Å². The van der Waals surface area contributed by atoms with E-state index >= 15 is 0 Å². The molecule has 42 radical (unpaired) electrons. The summed E-state index contributed by atoms with van der Waals surface area (Å²) in [5.41, 5.74) is 2.31. The topological polar surface area (TPSA) is 37.4 Å². The van der Waals surface area contributed by atoms with Crippen LogP contribution in [0.25, 0.3) is 0 Å². The second-order valence-electron chi connectivity index (χ2n) is 18.8. The molecule has 282 valence electrons. The molecule has 3 nitrogen and oxygen atoms in total. The first-order chi connectivity index (χ1) is 32.9. The van der Waals surface area contributed by atoms with E-state index in [4.69, 9.17) is 162 Å². The number of fused-ring (bicyclic) bond motifs is 1. The average molecular weight is 878 g/mol. The molecule has 1 atom stereocenters. The Morgan fingerprint density at radius 3 is 1.25 bits per heavy atom. The van der Waals surface area contributed by atoms with Gasteiger partial charge in [-0.3, -0.25) is 4.31 Å². The molecular weight excluding hydrogens is 856 g/mol. The van der Waals surface area contributed by atoms with Crippen molar-refractivity contribution in [2.24, 2.45) is 0 Å². The lowest BCUT2D eigenvalue weighted by molar-refractivity contribution is 0.513. The van der Waals surface area contributed by atoms with Crippen molar-refractivity contribution < 1.29 is 21.6 Å². The zero-order chi connectivity index (χ0) is 54.1. The van der Waals surface area contributed by atoms with Crippen molar-refractivity contribution in [3.05, 3.63) is 94.8 Å². The van der Waals surface area contributed by atoms with Crippen molar-refractivity contribution in [1.29, 1.82) is 0 Å². The summed E-state index contributed by atoms with van der Waals surface area (Å²) in [6.45, 7) is 1.86. The quantitative estimate of drug-likeness (QED) is 0.0890. The molecule has 0 amide bonds. The van der Waals surface area contributed by atoms with Gasteiger partial charge in [0.05, 0.1) is 10.6 Å². The van der Waals surface area contributed by atoms with Crippen LogP contribution in [-0.2, 0) is 22.9 Å². The molecule has 0 fully saturated rings. The van der Waals surface area contributed by atoms with Crippen molar-refractivity contribution in [3.63, 3.8) is 0 Å². The van der Waals surface area contributed by atoms with E-state index in [9.17, 15) is 21.6 Å². The van der Waals surface area contributed by atoms with E-state index in [0.717, 1.165) is 17.2 Å². The number of hydrogen-bond acceptors (Lipinski definition) is 2. The monoisotopic (exact) mass is 886 g/mol. The Morgan fingerprint density at radius 2 is 0.873 bits per heavy atom. The fraction of sp³-hybridized carbons (Fsp3) is 0.250. The minimum Gasteiger partial charge on any atom is -0.263 e. The molecule has 1 aliphatic heterocycles. The maximum atomic E-state index is 14.1. The molecule has 3 aromatic carbocycles. The Balaban J connectivity index is 0.000000385. The maximum Gasteiger partial charge on any atom is 0.264 e. The molecule has 47 heteroatoms. The SMILES string of the molecule is Cc1ccc(S(=O)(=O)N2c3cc(F)ccc3CCC2CCc2ccc(F)cc2F)cc1.[B]B([B])B([B])B(B([B])[B])B(B(B(B([B])[B])B([B])[B])B(B([B])[B])B([B])[B])B(B(B([B])[B])B([B])[B])B(B([B])[B])B([B])[B]. The van der Waals surface area contributed by atoms with Crippen LogP contribution in [0.3, 0.4) is 0 Å². The first-order valence-electron chi connectivity index (χ1n) is 23.1. The Bertz CT molecular complexity index is 2100. The highest BCUT2D eigenvalue weighted by molar-refractivity contribution is 8.32. The van der Waals surface area contributed by atoms with E-state index in [1.54, 1.807) is 18.2 Å². The van der Waals surface area contributed by atoms with Crippen LogP contribution in [0, 0.1) is 24.4 Å². The highest BCUT2D eigenvalue weighted by Gasteiger charge is 2.57. The number of sulfonamides is 1. The van der Waals surface area contributed by atoms with Gasteiger partial charge < -0.3 is 0 Å². The van der Waals surface area contributed by atoms with Gasteiger partial charge in [0.15, 0.2) is 0 Å². The van der Waals surface area contributed by atoms with Crippen molar-refractivity contribution in [1.82, 2.24) is 0 Å². The van der Waals surface area contributed by atoms with Crippen LogP contribution in [0.4, 0.5) is 18.9 Å². The minimum atomic E-state index is -3.97. The number of rotatable bonds is 23. The van der Waals surface area contributed by atoms with Gasteiger partial charge >= 0.3 is 0 Å². The second kappa shape index (κ2) is 29.0. The van der Waals surface area contributed by atoms with Gasteiger partial charge in [0.2, 0.25) is 0 Å². The zero-order valence-electron chi connectivity index (χ0n) is 40.1. The minimum absolute atomic E-state index is 0.119. The molecule has 0 aromatic heterocycles. The summed E-state index contributed by atoms with van der Waals surface area (Å²) >= 11 is 0. The van der Waals surface area contributed by atoms with Gasteiger partial charge in [-0.25, -0.2) is 21.6 Å². The highest BCUT2D eigenvalue weighted by atomic mass is 32.2. The lowest BCUT2D eigenvalue weighted by Crippen LogP contribution is -2.92. The van der Waals surface area contributed by atoms with Crippen LogP contribution in [0.5, 0.6) is 0 Å². The van der Waals surface area contributed by atoms with Gasteiger partial charge in [0.25, 0.3) is 10.0 Å². The molecule has 3 aromatic rings. The molecule has 4 rings (SSSR count). The van der Waals surface area contributed by atoms with Gasteiger partial charge in [-0.05, 0) is 74.1 Å². The number of benzene rings is 3. The summed E-state index contributed by atoms with van der Waals surface area (Å²) in [5.74, 6) is -1.84. The van der Waals surface area contributed by atoms with Crippen molar-refractivity contribution >= 4 is 300 Å². The van der Waals surface area contributed by atoms with E-state index < -0.39 is 155 Å². The number of hydrogen-bond donors (Lipinski definition) is 0. The first-order valence-corrected chi connectivity index (χ1v) is 24.5. The number of anilines is 1. The molecule has 0 saturated heterocycles. The molecule has 0 saturated carbocycles. The summed E-state index contributed by atoms with van der Waals surface area (Å²) < 4.78 is 69.8. The molecule has 1 aliphatic rings. The number of nitrogens with zero attached hydrogens (tertiary/aromatic N) is 1. The molecule has 0 spiro atoms. The number of aryl methyl sites for hydroxylation is 3. The first kappa shape index (κ1) is 65.1. The van der Waals surface area contributed by atoms with Gasteiger partial charge in [0.1, 0.15) is 17.5 Å². The molecule has 1 heterocycles. The smallest absolute Gasteiger partial charge is 0.263 e. The fourth-order valence-corrected chi connectivity index (χ4v) is 12.2. The van der Waals surface area contributed by atoms with Crippen LogP contribution in [-0.4, -0.2) is 298 Å². The number of halogens is 3. The Morgan fingerprint density at radius 1 is 0.493 bits per heavy atom. The summed E-state index contributed by atoms with van der Waals surface area (Å²) in [6, 6.07) is 13.6. The van der Waals surface area contributed by atoms with Crippen LogP contribution in [0.1, 0.15) is 29.5 Å². The summed E-state index contributed by atoms with van der Waals surface area (Å²) in [7, 11) is 127. The van der Waals surface area contributed by atoms with E-state index in [1.165, 1.54) is 40.7 Å². The van der Waals surface area contributed by atoms with Crippen LogP contribution in [0.15, 0.2) is 65.6 Å². The van der Waals surface area contributed by atoms with E-state index in [-0.39, 0.29) is 11.3 Å². The standard InChI is InChI=1S/C24H22F3NO2S.B40/c1-16-2-12-22(13-3-16)31(29,30)28-21(10-6-17-4-8-19(25)14-23(17)27)11-7-18-5-9-20(26)15-24(18)28;1-22(2)32(21)37(31(19)20)40(38(33(23(3)4)24(5)6)34(25(7)8)26(9)10)39(35(27(11)12)28(13)14)36(29(15)16)30(17)18/h2-5,8-9,12-15,21H,6-7,10-11H2,1H3;. The normalized spacial score (nSPS) is 12.5. The van der Waals surface area contributed by atoms with Gasteiger partial charge in [0, 0.05) is 296 Å². The maximum absolute atomic E-state index is 14.1. The second-order valence-corrected chi connectivity index (χ2v) is 20.6. The van der Waals surface area contributed by atoms with Crippen LogP contribution >= 0.6 is 0 Å².